The van der Waals surface area contributed by atoms with E-state index in [1.165, 1.54) is 0 Å². The number of para-hydroxylation sites is 2. The molecule has 0 spiro atoms. The first-order chi connectivity index (χ1) is 19.1. The topological polar surface area (TPSA) is 140 Å². The number of esters is 1. The molecule has 4 aromatic rings. The van der Waals surface area contributed by atoms with Gasteiger partial charge in [0.2, 0.25) is 0 Å². The summed E-state index contributed by atoms with van der Waals surface area (Å²) in [5.41, 5.74) is 8.35. The van der Waals surface area contributed by atoms with Crippen LogP contribution < -0.4 is 15.3 Å². The van der Waals surface area contributed by atoms with Gasteiger partial charge in [-0.1, -0.05) is 36.4 Å². The van der Waals surface area contributed by atoms with Gasteiger partial charge in [-0.25, -0.2) is 14.5 Å². The van der Waals surface area contributed by atoms with Gasteiger partial charge in [0.05, 0.1) is 29.8 Å². The third-order valence-electron chi connectivity index (χ3n) is 6.01. The summed E-state index contributed by atoms with van der Waals surface area (Å²) in [7, 11) is -4.06. The quantitative estimate of drug-likeness (QED) is 0.159. The summed E-state index contributed by atoms with van der Waals surface area (Å²) in [4.78, 5) is 21.8. The van der Waals surface area contributed by atoms with E-state index in [1.807, 2.05) is 48.7 Å². The first-order valence-corrected chi connectivity index (χ1v) is 14.8. The number of aromatic nitrogens is 3. The molecule has 2 aromatic heterocycles. The lowest BCUT2D eigenvalue weighted by Gasteiger charge is -2.25. The molecule has 0 amide bonds. The van der Waals surface area contributed by atoms with Crippen LogP contribution in [0, 0.1) is 0 Å². The van der Waals surface area contributed by atoms with Gasteiger partial charge in [0.15, 0.2) is 5.82 Å². The molecule has 0 fully saturated rings. The Bertz CT molecular complexity index is 1510. The number of ether oxygens (including phenoxy) is 2. The summed E-state index contributed by atoms with van der Waals surface area (Å²) < 4.78 is 38.7. The molecule has 0 aliphatic rings. The molecule has 12 heteroatoms. The monoisotopic (exact) mass is 569 g/mol. The molecule has 0 aliphatic heterocycles. The Morgan fingerprint density at radius 1 is 1.05 bits per heavy atom. The lowest BCUT2D eigenvalue weighted by atomic mass is 10.1. The number of anilines is 1. The molecule has 11 nitrogen and oxygen atoms in total. The largest absolute Gasteiger partial charge is 0.462 e. The minimum absolute atomic E-state index is 0.0514. The van der Waals surface area contributed by atoms with Crippen LogP contribution >= 0.6 is 7.75 Å². The van der Waals surface area contributed by atoms with E-state index in [-0.39, 0.29) is 19.3 Å². The first-order valence-electron chi connectivity index (χ1n) is 13.2. The molecule has 2 heterocycles. The summed E-state index contributed by atoms with van der Waals surface area (Å²) in [5, 5.41) is 3.59. The molecular formula is C28H36N5O6P. The zero-order chi connectivity index (χ0) is 28.9. The Morgan fingerprint density at radius 2 is 1.75 bits per heavy atom. The number of hydrogen-bond acceptors (Lipinski definition) is 9. The van der Waals surface area contributed by atoms with Crippen LogP contribution in [0.2, 0.25) is 0 Å². The summed E-state index contributed by atoms with van der Waals surface area (Å²) in [6.45, 7) is 9.52. The Kier molecular flexibility index (Phi) is 9.42. The maximum absolute atomic E-state index is 14.0. The molecule has 4 rings (SSSR count). The van der Waals surface area contributed by atoms with E-state index >= 15 is 0 Å². The van der Waals surface area contributed by atoms with Crippen LogP contribution in [0.15, 0.2) is 54.6 Å². The van der Waals surface area contributed by atoms with Crippen molar-refractivity contribution < 1.29 is 27.9 Å². The van der Waals surface area contributed by atoms with Crippen LogP contribution in [-0.2, 0) is 30.0 Å². The fourth-order valence-electron chi connectivity index (χ4n) is 4.25. The number of nitrogen functional groups attached to an aromatic ring is 1. The van der Waals surface area contributed by atoms with Crippen molar-refractivity contribution in [2.24, 2.45) is 0 Å². The van der Waals surface area contributed by atoms with Gasteiger partial charge in [-0.15, -0.1) is 0 Å². The Morgan fingerprint density at radius 3 is 2.45 bits per heavy atom. The molecule has 0 aliphatic carbocycles. The van der Waals surface area contributed by atoms with Crippen LogP contribution in [0.3, 0.4) is 0 Å². The van der Waals surface area contributed by atoms with Crippen molar-refractivity contribution in [2.45, 2.75) is 59.4 Å². The Hall–Kier alpha value is -3.50. The van der Waals surface area contributed by atoms with E-state index in [0.29, 0.717) is 29.5 Å². The van der Waals surface area contributed by atoms with Crippen molar-refractivity contribution in [2.75, 3.05) is 18.9 Å². The summed E-state index contributed by atoms with van der Waals surface area (Å²) in [6.07, 6.45) is -0.331. The minimum Gasteiger partial charge on any atom is -0.462 e. The van der Waals surface area contributed by atoms with Crippen molar-refractivity contribution in [3.63, 3.8) is 0 Å². The number of imidazole rings is 1. The highest BCUT2D eigenvalue weighted by Crippen LogP contribution is 2.46. The Labute approximate surface area is 233 Å². The van der Waals surface area contributed by atoms with Crippen molar-refractivity contribution >= 4 is 41.5 Å². The average Bonchev–Trinajstić information content (AvgIpc) is 3.31. The predicted molar refractivity (Wildman–Crippen MR) is 154 cm³/mol. The van der Waals surface area contributed by atoms with Gasteiger partial charge < -0.3 is 24.3 Å². The maximum Gasteiger partial charge on any atom is 0.459 e. The molecule has 0 saturated heterocycles. The summed E-state index contributed by atoms with van der Waals surface area (Å²) in [6, 6.07) is 14.9. The summed E-state index contributed by atoms with van der Waals surface area (Å²) >= 11 is 0. The zero-order valence-electron chi connectivity index (χ0n) is 23.4. The number of carbonyl (C=O) groups excluding carboxylic acids is 1. The Balaban J connectivity index is 1.68. The van der Waals surface area contributed by atoms with E-state index in [9.17, 15) is 9.36 Å². The summed E-state index contributed by atoms with van der Waals surface area (Å²) in [5.74, 6) is 0.678. The second-order valence-electron chi connectivity index (χ2n) is 9.63. The van der Waals surface area contributed by atoms with Crippen LogP contribution in [-0.4, -0.2) is 45.9 Å². The molecule has 2 aromatic carbocycles. The van der Waals surface area contributed by atoms with Crippen molar-refractivity contribution in [1.29, 1.82) is 0 Å². The van der Waals surface area contributed by atoms with Gasteiger partial charge in [0, 0.05) is 12.0 Å². The van der Waals surface area contributed by atoms with E-state index in [2.05, 4.69) is 10.1 Å². The van der Waals surface area contributed by atoms with Crippen LogP contribution in [0.1, 0.15) is 46.5 Å². The molecule has 0 saturated carbocycles. The van der Waals surface area contributed by atoms with Gasteiger partial charge in [-0.2, -0.15) is 5.09 Å². The molecule has 40 heavy (non-hydrogen) atoms. The lowest BCUT2D eigenvalue weighted by Crippen LogP contribution is -2.36. The third kappa shape index (κ3) is 6.79. The van der Waals surface area contributed by atoms with Gasteiger partial charge >= 0.3 is 13.7 Å². The van der Waals surface area contributed by atoms with Gasteiger partial charge in [0.1, 0.15) is 29.7 Å². The van der Waals surface area contributed by atoms with Crippen molar-refractivity contribution in [3.05, 3.63) is 60.4 Å². The molecule has 3 N–H and O–H groups in total. The van der Waals surface area contributed by atoms with Crippen molar-refractivity contribution in [3.8, 4) is 5.75 Å². The highest BCUT2D eigenvalue weighted by atomic mass is 31.2. The van der Waals surface area contributed by atoms with Gasteiger partial charge in [0.25, 0.3) is 0 Å². The second kappa shape index (κ2) is 12.8. The standard InChI is InChI=1S/C28H36N5O6P/c1-6-36-17-24-31-25-26(22-14-10-11-15-23(22)30-27(25)29)33(24)19(4)16-37-40(35,39-21-12-8-7-9-13-21)32-20(5)28(34)38-18(2)3/h7-15,18-20H,6,16-17H2,1-5H3,(H2,29,30)(H,32,35)/t19-,20+,40?/m1/s1. The zero-order valence-corrected chi connectivity index (χ0v) is 24.3. The number of nitrogens with one attached hydrogen (secondary N) is 1. The molecular weight excluding hydrogens is 533 g/mol. The number of fused-ring (bicyclic) bond motifs is 3. The smallest absolute Gasteiger partial charge is 0.459 e. The normalized spacial score (nSPS) is 14.8. The fraction of sp³-hybridized carbons (Fsp3) is 0.393. The van der Waals surface area contributed by atoms with E-state index < -0.39 is 25.8 Å². The van der Waals surface area contributed by atoms with E-state index in [0.717, 1.165) is 16.4 Å². The molecule has 3 atom stereocenters. The van der Waals surface area contributed by atoms with E-state index in [1.54, 1.807) is 45.0 Å². The highest BCUT2D eigenvalue weighted by molar-refractivity contribution is 7.52. The van der Waals surface area contributed by atoms with Gasteiger partial charge in [-0.3, -0.25) is 9.32 Å². The van der Waals surface area contributed by atoms with Crippen molar-refractivity contribution in [1.82, 2.24) is 19.6 Å². The number of nitrogens with two attached hydrogens (primary N) is 1. The molecule has 0 bridgehead atoms. The predicted octanol–water partition coefficient (Wildman–Crippen LogP) is 5.40. The molecule has 214 valence electrons. The number of nitrogens with zero attached hydrogens (tertiary/aromatic N) is 3. The van der Waals surface area contributed by atoms with Crippen LogP contribution in [0.25, 0.3) is 21.9 Å². The SMILES string of the molecule is CCOCc1nc2c(N)nc3ccccc3c2n1[C@H](C)COP(=O)(N[C@@H](C)C(=O)OC(C)C)Oc1ccccc1. The van der Waals surface area contributed by atoms with E-state index in [4.69, 9.17) is 29.2 Å². The first kappa shape index (κ1) is 29.5. The fourth-order valence-corrected chi connectivity index (χ4v) is 5.82. The number of hydrogen-bond donors (Lipinski definition) is 2. The van der Waals surface area contributed by atoms with Crippen LogP contribution in [0.4, 0.5) is 5.82 Å². The number of rotatable bonds is 13. The highest BCUT2D eigenvalue weighted by Gasteiger charge is 2.34. The number of carbonyl (C=O) groups is 1. The molecule has 0 radical (unpaired) electrons. The maximum atomic E-state index is 14.0. The average molecular weight is 570 g/mol. The second-order valence-corrected chi connectivity index (χ2v) is 11.3. The number of pyridine rings is 1. The van der Waals surface area contributed by atoms with Gasteiger partial charge in [-0.05, 0) is 52.8 Å². The van der Waals surface area contributed by atoms with Crippen LogP contribution in [0.5, 0.6) is 5.75 Å². The third-order valence-corrected chi connectivity index (χ3v) is 7.66. The number of benzene rings is 2. The lowest BCUT2D eigenvalue weighted by molar-refractivity contribution is -0.149. The molecule has 1 unspecified atom stereocenters. The minimum atomic E-state index is -4.06.